The van der Waals surface area contributed by atoms with Crippen molar-refractivity contribution in [3.05, 3.63) is 51.5 Å². The molecule has 0 aliphatic heterocycles. The first-order valence-electron chi connectivity index (χ1n) is 12.0. The molecule has 4 atom stereocenters. The number of nitrogens with two attached hydrogens (primary N) is 1. The molecular weight excluding hydrogens is 480 g/mol. The molecule has 1 amide bonds. The molecule has 0 saturated heterocycles. The molecule has 0 heterocycles. The Bertz CT molecular complexity index is 1300. The Kier molecular flexibility index (Phi) is 6.51. The Morgan fingerprint density at radius 1 is 1.16 bits per heavy atom. The number of allylic oxidation sites excluding steroid dienone is 1. The molecule has 0 bridgehead atoms. The number of fused-ring (bicyclic) bond motifs is 3. The molecule has 0 unspecified atom stereocenters. The van der Waals surface area contributed by atoms with Crippen molar-refractivity contribution in [1.29, 1.82) is 5.41 Å². The normalized spacial score (nSPS) is 27.4. The number of phenolic OH excluding ortho intramolecular Hbond substituents is 1. The maximum absolute atomic E-state index is 13.7. The first kappa shape index (κ1) is 26.5. The Balaban J connectivity index is 1.89. The van der Waals surface area contributed by atoms with E-state index >= 15 is 0 Å². The van der Waals surface area contributed by atoms with Gasteiger partial charge in [0.2, 0.25) is 5.78 Å². The number of benzene rings is 1. The molecule has 11 heteroatoms. The lowest BCUT2D eigenvalue weighted by Crippen LogP contribution is -2.63. The molecule has 3 aliphatic rings. The second kappa shape index (κ2) is 9.09. The van der Waals surface area contributed by atoms with Crippen LogP contribution in [0.25, 0.3) is 0 Å². The molecular formula is C26H32N4O7. The minimum absolute atomic E-state index is 0.00584. The van der Waals surface area contributed by atoms with Crippen LogP contribution in [0.2, 0.25) is 0 Å². The summed E-state index contributed by atoms with van der Waals surface area (Å²) in [5, 5.41) is 53.0. The number of hydrogen-bond acceptors (Lipinski definition) is 10. The van der Waals surface area contributed by atoms with Crippen molar-refractivity contribution >= 4 is 23.2 Å². The monoisotopic (exact) mass is 512 g/mol. The average Bonchev–Trinajstić information content (AvgIpc) is 2.79. The number of hydrogen-bond donors (Lipinski definition) is 6. The summed E-state index contributed by atoms with van der Waals surface area (Å²) in [6.45, 7) is 0.605. The van der Waals surface area contributed by atoms with Crippen LogP contribution in [0.4, 0.5) is 0 Å². The van der Waals surface area contributed by atoms with E-state index in [-0.39, 0.29) is 35.4 Å². The summed E-state index contributed by atoms with van der Waals surface area (Å²) in [5.41, 5.74) is 2.77. The summed E-state index contributed by atoms with van der Waals surface area (Å²) >= 11 is 0. The van der Waals surface area contributed by atoms with Crippen LogP contribution in [0.5, 0.6) is 5.75 Å². The number of carbonyl (C=O) groups excluding carboxylic acids is 3. The summed E-state index contributed by atoms with van der Waals surface area (Å²) < 4.78 is 0. The Hall–Kier alpha value is -3.54. The smallest absolute Gasteiger partial charge is 0.255 e. The zero-order valence-electron chi connectivity index (χ0n) is 21.2. The average molecular weight is 513 g/mol. The molecule has 0 saturated carbocycles. The molecule has 0 fully saturated rings. The molecule has 0 radical (unpaired) electrons. The van der Waals surface area contributed by atoms with Gasteiger partial charge in [0.1, 0.15) is 22.8 Å². The van der Waals surface area contributed by atoms with E-state index in [1.54, 1.807) is 20.2 Å². The topological polar surface area (TPSA) is 188 Å². The van der Waals surface area contributed by atoms with Crippen molar-refractivity contribution in [3.63, 3.8) is 0 Å². The SMILES string of the molecule is CN(C)CCC(=N)c1ccc(O)c2c1C[C@H]1C[C@H]3[C@@H](N(C)C)C(O)=C(C(N)=O)C(=O)[C@@]3(O)C(O)=C1C2=O. The van der Waals surface area contributed by atoms with Crippen LogP contribution < -0.4 is 5.73 Å². The summed E-state index contributed by atoms with van der Waals surface area (Å²) in [7, 11) is 6.92. The highest BCUT2D eigenvalue weighted by Gasteiger charge is 2.63. The molecule has 0 spiro atoms. The molecule has 198 valence electrons. The second-order valence-electron chi connectivity index (χ2n) is 10.5. The van der Waals surface area contributed by atoms with Gasteiger partial charge in [-0.05, 0) is 70.2 Å². The lowest BCUT2D eigenvalue weighted by Gasteiger charge is -2.50. The molecule has 4 rings (SSSR count). The number of nitrogens with one attached hydrogen (secondary N) is 1. The van der Waals surface area contributed by atoms with Crippen molar-refractivity contribution in [2.24, 2.45) is 17.6 Å². The fraction of sp³-hybridized carbons (Fsp3) is 0.462. The minimum atomic E-state index is -2.67. The summed E-state index contributed by atoms with van der Waals surface area (Å²) in [6, 6.07) is 1.86. The Labute approximate surface area is 214 Å². The zero-order chi connectivity index (χ0) is 27.6. The maximum Gasteiger partial charge on any atom is 0.255 e. The zero-order valence-corrected chi connectivity index (χ0v) is 21.2. The molecule has 37 heavy (non-hydrogen) atoms. The van der Waals surface area contributed by atoms with Crippen molar-refractivity contribution in [1.82, 2.24) is 9.80 Å². The lowest BCUT2D eigenvalue weighted by atomic mass is 9.58. The lowest BCUT2D eigenvalue weighted by molar-refractivity contribution is -0.148. The van der Waals surface area contributed by atoms with E-state index in [1.165, 1.54) is 11.0 Å². The molecule has 11 nitrogen and oxygen atoms in total. The first-order chi connectivity index (χ1) is 17.2. The van der Waals surface area contributed by atoms with E-state index < -0.39 is 58.0 Å². The summed E-state index contributed by atoms with van der Waals surface area (Å²) in [4.78, 5) is 42.5. The van der Waals surface area contributed by atoms with Gasteiger partial charge < -0.3 is 36.5 Å². The van der Waals surface area contributed by atoms with Crippen molar-refractivity contribution in [2.75, 3.05) is 34.7 Å². The van der Waals surface area contributed by atoms with Crippen LogP contribution in [0.1, 0.15) is 34.3 Å². The van der Waals surface area contributed by atoms with Crippen LogP contribution in [-0.2, 0) is 16.0 Å². The number of aliphatic hydroxyl groups excluding tert-OH is 2. The number of ketones is 2. The van der Waals surface area contributed by atoms with Crippen LogP contribution in [0, 0.1) is 17.2 Å². The molecule has 7 N–H and O–H groups in total. The van der Waals surface area contributed by atoms with Gasteiger partial charge in [-0.1, -0.05) is 0 Å². The predicted octanol–water partition coefficient (Wildman–Crippen LogP) is 0.440. The molecule has 1 aromatic rings. The maximum atomic E-state index is 13.7. The summed E-state index contributed by atoms with van der Waals surface area (Å²) in [5.74, 6) is -6.91. The van der Waals surface area contributed by atoms with Gasteiger partial charge >= 0.3 is 0 Å². The number of phenols is 1. The number of likely N-dealkylation sites (N-methyl/N-ethyl adjacent to an activating group) is 1. The number of aromatic hydroxyl groups is 1. The largest absolute Gasteiger partial charge is 0.510 e. The third-order valence-electron chi connectivity index (χ3n) is 7.74. The molecule has 1 aromatic carbocycles. The molecule has 3 aliphatic carbocycles. The van der Waals surface area contributed by atoms with Crippen LogP contribution in [0.3, 0.4) is 0 Å². The number of carbonyl (C=O) groups is 3. The van der Waals surface area contributed by atoms with Gasteiger partial charge in [-0.3, -0.25) is 19.3 Å². The fourth-order valence-corrected chi connectivity index (χ4v) is 6.00. The molecule has 0 aromatic heterocycles. The first-order valence-corrected chi connectivity index (χ1v) is 12.0. The van der Waals surface area contributed by atoms with E-state index in [2.05, 4.69) is 0 Å². The van der Waals surface area contributed by atoms with Crippen LogP contribution in [0.15, 0.2) is 34.8 Å². The van der Waals surface area contributed by atoms with E-state index in [0.717, 1.165) is 0 Å². The fourth-order valence-electron chi connectivity index (χ4n) is 6.00. The van der Waals surface area contributed by atoms with Gasteiger partial charge in [0.15, 0.2) is 11.4 Å². The van der Waals surface area contributed by atoms with Gasteiger partial charge in [-0.25, -0.2) is 0 Å². The van der Waals surface area contributed by atoms with E-state index in [1.807, 2.05) is 19.0 Å². The van der Waals surface area contributed by atoms with Gasteiger partial charge in [0.05, 0.1) is 11.6 Å². The number of nitrogens with zero attached hydrogens (tertiary/aromatic N) is 2. The van der Waals surface area contributed by atoms with Gasteiger partial charge in [0.25, 0.3) is 5.91 Å². The third kappa shape index (κ3) is 3.85. The number of rotatable bonds is 6. The number of Topliss-reactive ketones (excluding diaryl/α,β-unsaturated/α-hetero) is 2. The minimum Gasteiger partial charge on any atom is -0.510 e. The number of amides is 1. The highest BCUT2D eigenvalue weighted by molar-refractivity contribution is 6.25. The van der Waals surface area contributed by atoms with Crippen molar-refractivity contribution in [3.8, 4) is 5.75 Å². The van der Waals surface area contributed by atoms with E-state index in [0.29, 0.717) is 24.1 Å². The van der Waals surface area contributed by atoms with Crippen LogP contribution in [-0.4, -0.2) is 99.8 Å². The van der Waals surface area contributed by atoms with Crippen LogP contribution >= 0.6 is 0 Å². The highest BCUT2D eigenvalue weighted by Crippen LogP contribution is 2.52. The Morgan fingerprint density at radius 2 is 1.81 bits per heavy atom. The van der Waals surface area contributed by atoms with E-state index in [4.69, 9.17) is 11.1 Å². The van der Waals surface area contributed by atoms with Gasteiger partial charge in [-0.15, -0.1) is 0 Å². The van der Waals surface area contributed by atoms with E-state index in [9.17, 15) is 34.8 Å². The Morgan fingerprint density at radius 3 is 2.38 bits per heavy atom. The third-order valence-corrected chi connectivity index (χ3v) is 7.74. The van der Waals surface area contributed by atoms with Gasteiger partial charge in [0, 0.05) is 30.2 Å². The van der Waals surface area contributed by atoms with Gasteiger partial charge in [-0.2, -0.15) is 0 Å². The standard InChI is InChI=1S/C26H32N4O7/c1-29(2)8-7-15(27)12-5-6-16(31)18-13(12)9-11-10-14-20(30(3)4)22(33)19(25(28)36)24(35)26(14,37)23(34)17(11)21(18)32/h5-6,11,14,20,27,31,33-34,37H,7-10H2,1-4H3,(H2,28,36)/t11-,14-,20+,26-/m0/s1. The summed E-state index contributed by atoms with van der Waals surface area (Å²) in [6.07, 6.45) is 0.569. The van der Waals surface area contributed by atoms with Crippen molar-refractivity contribution in [2.45, 2.75) is 30.9 Å². The predicted molar refractivity (Wildman–Crippen MR) is 134 cm³/mol. The highest BCUT2D eigenvalue weighted by atomic mass is 16.3. The number of aliphatic hydroxyl groups is 3. The second-order valence-corrected chi connectivity index (χ2v) is 10.5. The van der Waals surface area contributed by atoms with Crippen molar-refractivity contribution < 1.29 is 34.8 Å². The number of primary amides is 1. The quantitative estimate of drug-likeness (QED) is 0.232.